The molecule has 0 atom stereocenters. The number of hydrogen-bond acceptors (Lipinski definition) is 4. The molecule has 7 heteroatoms. The number of hydrogen-bond donors (Lipinski definition) is 1. The Bertz CT molecular complexity index is 1380. The fourth-order valence-corrected chi connectivity index (χ4v) is 4.43. The zero-order valence-corrected chi connectivity index (χ0v) is 18.9. The molecule has 2 aromatic carbocycles. The third-order valence-corrected chi connectivity index (χ3v) is 6.02. The van der Waals surface area contributed by atoms with E-state index >= 15 is 0 Å². The number of aromatic nitrogens is 4. The molecule has 33 heavy (non-hydrogen) atoms. The summed E-state index contributed by atoms with van der Waals surface area (Å²) in [5, 5.41) is 8.42. The van der Waals surface area contributed by atoms with Crippen molar-refractivity contribution in [3.05, 3.63) is 76.5 Å². The van der Waals surface area contributed by atoms with Gasteiger partial charge in [-0.1, -0.05) is 32.0 Å². The normalized spacial score (nSPS) is 13.3. The highest BCUT2D eigenvalue weighted by Crippen LogP contribution is 2.26. The largest absolute Gasteiger partial charge is 0.328 e. The monoisotopic (exact) mass is 441 g/mol. The van der Waals surface area contributed by atoms with Crippen molar-refractivity contribution in [1.29, 1.82) is 0 Å². The van der Waals surface area contributed by atoms with Crippen molar-refractivity contribution in [1.82, 2.24) is 19.3 Å². The standard InChI is InChI=1S/C26H27N5O2/c1-17(2)16-31-26(33)22-9-4-3-8-21(22)23(29-31)25(32)28-19-12-10-18(11-13-19)24-27-15-20-7-5-6-14-30(20)24/h3-4,8-13,15,17H,5-7,14,16H2,1-2H3,(H,28,32). The maximum absolute atomic E-state index is 13.2. The Balaban J connectivity index is 1.44. The molecule has 4 aromatic rings. The van der Waals surface area contributed by atoms with E-state index in [0.29, 0.717) is 23.0 Å². The van der Waals surface area contributed by atoms with Crippen LogP contribution < -0.4 is 10.9 Å². The minimum absolute atomic E-state index is 0.178. The van der Waals surface area contributed by atoms with Crippen molar-refractivity contribution in [2.75, 3.05) is 5.32 Å². The number of nitrogens with zero attached hydrogens (tertiary/aromatic N) is 4. The van der Waals surface area contributed by atoms with Crippen molar-refractivity contribution < 1.29 is 4.79 Å². The first-order valence-corrected chi connectivity index (χ1v) is 11.5. The van der Waals surface area contributed by atoms with Crippen LogP contribution in [0.2, 0.25) is 0 Å². The highest BCUT2D eigenvalue weighted by atomic mass is 16.2. The summed E-state index contributed by atoms with van der Waals surface area (Å²) in [5.41, 5.74) is 3.04. The Morgan fingerprint density at radius 2 is 1.82 bits per heavy atom. The highest BCUT2D eigenvalue weighted by molar-refractivity contribution is 6.11. The van der Waals surface area contributed by atoms with E-state index in [9.17, 15) is 9.59 Å². The molecule has 0 aliphatic carbocycles. The molecule has 1 amide bonds. The molecular formula is C26H27N5O2. The molecule has 168 valence electrons. The summed E-state index contributed by atoms with van der Waals surface area (Å²) in [6, 6.07) is 14.8. The molecule has 0 saturated heterocycles. The zero-order valence-electron chi connectivity index (χ0n) is 18.9. The van der Waals surface area contributed by atoms with Gasteiger partial charge in [-0.2, -0.15) is 5.10 Å². The summed E-state index contributed by atoms with van der Waals surface area (Å²) in [7, 11) is 0. The molecule has 0 fully saturated rings. The van der Waals surface area contributed by atoms with Crippen LogP contribution in [0.1, 0.15) is 42.9 Å². The maximum Gasteiger partial charge on any atom is 0.276 e. The van der Waals surface area contributed by atoms with E-state index in [1.165, 1.54) is 23.2 Å². The van der Waals surface area contributed by atoms with Crippen LogP contribution in [-0.2, 0) is 19.5 Å². The maximum atomic E-state index is 13.2. The van der Waals surface area contributed by atoms with E-state index in [0.717, 1.165) is 24.4 Å². The Kier molecular flexibility index (Phi) is 5.54. The molecule has 1 aliphatic rings. The smallest absolute Gasteiger partial charge is 0.276 e. The number of aryl methyl sites for hydroxylation is 1. The van der Waals surface area contributed by atoms with Crippen LogP contribution in [0.5, 0.6) is 0 Å². The van der Waals surface area contributed by atoms with Gasteiger partial charge in [-0.25, -0.2) is 9.67 Å². The summed E-state index contributed by atoms with van der Waals surface area (Å²) in [6.07, 6.45) is 5.42. The molecular weight excluding hydrogens is 414 g/mol. The van der Waals surface area contributed by atoms with Gasteiger partial charge in [-0.15, -0.1) is 0 Å². The quantitative estimate of drug-likeness (QED) is 0.494. The van der Waals surface area contributed by atoms with Gasteiger partial charge in [0.1, 0.15) is 5.82 Å². The summed E-state index contributed by atoms with van der Waals surface area (Å²) in [6.45, 7) is 5.48. The molecule has 7 nitrogen and oxygen atoms in total. The zero-order chi connectivity index (χ0) is 22.9. The topological polar surface area (TPSA) is 81.8 Å². The van der Waals surface area contributed by atoms with Crippen LogP contribution in [0, 0.1) is 5.92 Å². The number of carbonyl (C=O) groups is 1. The molecule has 0 radical (unpaired) electrons. The fourth-order valence-electron chi connectivity index (χ4n) is 4.43. The third kappa shape index (κ3) is 4.06. The summed E-state index contributed by atoms with van der Waals surface area (Å²) >= 11 is 0. The predicted octanol–water partition coefficient (Wildman–Crippen LogP) is 4.50. The van der Waals surface area contributed by atoms with Gasteiger partial charge in [0.2, 0.25) is 0 Å². The second-order valence-corrected chi connectivity index (χ2v) is 8.99. The molecule has 0 spiro atoms. The number of nitrogens with one attached hydrogen (secondary N) is 1. The third-order valence-electron chi connectivity index (χ3n) is 6.02. The van der Waals surface area contributed by atoms with Gasteiger partial charge >= 0.3 is 0 Å². The lowest BCUT2D eigenvalue weighted by Gasteiger charge is -2.16. The van der Waals surface area contributed by atoms with Crippen molar-refractivity contribution in [3.63, 3.8) is 0 Å². The van der Waals surface area contributed by atoms with E-state index in [4.69, 9.17) is 0 Å². The number of imidazole rings is 1. The van der Waals surface area contributed by atoms with Gasteiger partial charge in [-0.3, -0.25) is 9.59 Å². The van der Waals surface area contributed by atoms with Crippen LogP contribution in [0.4, 0.5) is 5.69 Å². The lowest BCUT2D eigenvalue weighted by Crippen LogP contribution is -2.29. The Hall–Kier alpha value is -3.74. The van der Waals surface area contributed by atoms with Crippen LogP contribution in [0.25, 0.3) is 22.2 Å². The van der Waals surface area contributed by atoms with Gasteiger partial charge in [-0.05, 0) is 55.5 Å². The van der Waals surface area contributed by atoms with Crippen molar-refractivity contribution in [2.45, 2.75) is 46.2 Å². The molecule has 5 rings (SSSR count). The van der Waals surface area contributed by atoms with E-state index in [1.807, 2.05) is 50.4 Å². The lowest BCUT2D eigenvalue weighted by molar-refractivity contribution is 0.102. The first-order valence-electron chi connectivity index (χ1n) is 11.5. The number of amides is 1. The Morgan fingerprint density at radius 3 is 2.58 bits per heavy atom. The van der Waals surface area contributed by atoms with Crippen molar-refractivity contribution >= 4 is 22.4 Å². The second-order valence-electron chi connectivity index (χ2n) is 8.99. The van der Waals surface area contributed by atoms with E-state index in [-0.39, 0.29) is 23.1 Å². The molecule has 1 aliphatic heterocycles. The van der Waals surface area contributed by atoms with E-state index < -0.39 is 0 Å². The summed E-state index contributed by atoms with van der Waals surface area (Å²) < 4.78 is 3.68. The van der Waals surface area contributed by atoms with Crippen LogP contribution in [0.3, 0.4) is 0 Å². The van der Waals surface area contributed by atoms with Crippen LogP contribution >= 0.6 is 0 Å². The Labute approximate surface area is 192 Å². The lowest BCUT2D eigenvalue weighted by atomic mass is 10.1. The molecule has 0 unspecified atom stereocenters. The molecule has 1 N–H and O–H groups in total. The molecule has 0 bridgehead atoms. The van der Waals surface area contributed by atoms with Gasteiger partial charge in [0.05, 0.1) is 5.39 Å². The molecule has 3 heterocycles. The minimum Gasteiger partial charge on any atom is -0.328 e. The second kappa shape index (κ2) is 8.65. The number of carbonyl (C=O) groups excluding carboxylic acids is 1. The fraction of sp³-hybridized carbons (Fsp3) is 0.308. The highest BCUT2D eigenvalue weighted by Gasteiger charge is 2.18. The number of fused-ring (bicyclic) bond motifs is 2. The van der Waals surface area contributed by atoms with E-state index in [2.05, 4.69) is 20.0 Å². The summed E-state index contributed by atoms with van der Waals surface area (Å²) in [5.74, 6) is 0.860. The number of rotatable bonds is 5. The average molecular weight is 442 g/mol. The van der Waals surface area contributed by atoms with Crippen molar-refractivity contribution in [3.8, 4) is 11.4 Å². The predicted molar refractivity (Wildman–Crippen MR) is 129 cm³/mol. The summed E-state index contributed by atoms with van der Waals surface area (Å²) in [4.78, 5) is 30.6. The average Bonchev–Trinajstić information content (AvgIpc) is 3.25. The number of anilines is 1. The Morgan fingerprint density at radius 1 is 1.06 bits per heavy atom. The van der Waals surface area contributed by atoms with E-state index in [1.54, 1.807) is 18.2 Å². The van der Waals surface area contributed by atoms with Gasteiger partial charge in [0, 0.05) is 41.6 Å². The van der Waals surface area contributed by atoms with Crippen molar-refractivity contribution in [2.24, 2.45) is 5.92 Å². The number of benzene rings is 2. The van der Waals surface area contributed by atoms with Gasteiger partial charge in [0.25, 0.3) is 11.5 Å². The molecule has 2 aromatic heterocycles. The van der Waals surface area contributed by atoms with Gasteiger partial charge in [0.15, 0.2) is 5.69 Å². The van der Waals surface area contributed by atoms with Crippen LogP contribution in [-0.4, -0.2) is 25.2 Å². The van der Waals surface area contributed by atoms with Gasteiger partial charge < -0.3 is 9.88 Å². The van der Waals surface area contributed by atoms with Crippen LogP contribution in [0.15, 0.2) is 59.5 Å². The first kappa shape index (κ1) is 21.1. The first-order chi connectivity index (χ1) is 16.0. The SMILES string of the molecule is CC(C)Cn1nc(C(=O)Nc2ccc(-c3ncc4n3CCCC4)cc2)c2ccccc2c1=O. The molecule has 0 saturated carbocycles. The minimum atomic E-state index is -0.338.